The largest absolute Gasteiger partial charge is 0.465 e. The monoisotopic (exact) mass is 381 g/mol. The van der Waals surface area contributed by atoms with E-state index >= 15 is 0 Å². The van der Waals surface area contributed by atoms with Crippen LogP contribution in [0.2, 0.25) is 0 Å². The Morgan fingerprint density at radius 2 is 2.07 bits per heavy atom. The summed E-state index contributed by atoms with van der Waals surface area (Å²) in [6.07, 6.45) is 3.45. The molecule has 1 aromatic carbocycles. The van der Waals surface area contributed by atoms with E-state index in [1.54, 1.807) is 12.4 Å². The van der Waals surface area contributed by atoms with Gasteiger partial charge in [0.1, 0.15) is 5.25 Å². The van der Waals surface area contributed by atoms with Crippen LogP contribution in [0.3, 0.4) is 0 Å². The minimum atomic E-state index is -0.453. The molecule has 8 heteroatoms. The second kappa shape index (κ2) is 7.40. The summed E-state index contributed by atoms with van der Waals surface area (Å²) >= 11 is 1.36. The summed E-state index contributed by atoms with van der Waals surface area (Å²) in [5.41, 5.74) is 6.43. The van der Waals surface area contributed by atoms with Gasteiger partial charge < -0.3 is 10.2 Å². The number of carbonyl (C=O) groups excluding carboxylic acids is 1. The average molecular weight is 381 g/mol. The van der Waals surface area contributed by atoms with Gasteiger partial charge >= 0.3 is 5.97 Å². The van der Waals surface area contributed by atoms with Crippen LogP contribution in [0.15, 0.2) is 53.9 Å². The molecule has 2 aromatic heterocycles. The van der Waals surface area contributed by atoms with Gasteiger partial charge in [0, 0.05) is 18.0 Å². The van der Waals surface area contributed by atoms with Gasteiger partial charge in [-0.05, 0) is 31.5 Å². The summed E-state index contributed by atoms with van der Waals surface area (Å²) in [6.45, 7) is 4.18. The first-order valence-corrected chi connectivity index (χ1v) is 9.57. The van der Waals surface area contributed by atoms with Crippen molar-refractivity contribution >= 4 is 17.7 Å². The number of nitrogens with one attached hydrogen (secondary N) is 1. The Labute approximate surface area is 161 Å². The average Bonchev–Trinajstić information content (AvgIpc) is 3.11. The number of rotatable bonds is 4. The van der Waals surface area contributed by atoms with Gasteiger partial charge in [-0.2, -0.15) is 0 Å². The molecule has 2 atom stereocenters. The Balaban J connectivity index is 1.75. The van der Waals surface area contributed by atoms with Gasteiger partial charge in [-0.1, -0.05) is 41.6 Å². The summed E-state index contributed by atoms with van der Waals surface area (Å²) in [7, 11) is 0. The van der Waals surface area contributed by atoms with Gasteiger partial charge in [-0.25, -0.2) is 4.68 Å². The van der Waals surface area contributed by atoms with Crippen LogP contribution in [0.4, 0.5) is 0 Å². The molecule has 1 N–H and O–H groups in total. The molecule has 0 bridgehead atoms. The number of hydrogen-bond donors (Lipinski definition) is 1. The fourth-order valence-electron chi connectivity index (χ4n) is 2.96. The molecule has 0 fully saturated rings. The van der Waals surface area contributed by atoms with E-state index < -0.39 is 5.25 Å². The Kier molecular flexibility index (Phi) is 4.81. The maximum atomic E-state index is 12.6. The molecule has 4 rings (SSSR count). The number of esters is 1. The Bertz CT molecular complexity index is 942. The predicted octanol–water partition coefficient (Wildman–Crippen LogP) is 2.97. The quantitative estimate of drug-likeness (QED) is 0.696. The van der Waals surface area contributed by atoms with Crippen molar-refractivity contribution in [2.24, 2.45) is 0 Å². The molecule has 0 spiro atoms. The second-order valence-corrected chi connectivity index (χ2v) is 7.30. The van der Waals surface area contributed by atoms with Crippen LogP contribution in [0.5, 0.6) is 0 Å². The summed E-state index contributed by atoms with van der Waals surface area (Å²) in [4.78, 5) is 16.7. The minimum absolute atomic E-state index is 0.266. The van der Waals surface area contributed by atoms with Crippen molar-refractivity contribution in [2.75, 3.05) is 12.0 Å². The standard InChI is InChI=1S/C19H19N5O2S/c1-3-26-18(25)16-15(13-8-6-12(2)7-9-13)23-24-17(21-22-19(24)27-16)14-5-4-10-20-11-14/h4-11,15-16,23H,3H2,1-2H3/t15-,16-/m1/s1. The smallest absolute Gasteiger partial charge is 0.322 e. The van der Waals surface area contributed by atoms with Crippen molar-refractivity contribution in [2.45, 2.75) is 30.3 Å². The highest BCUT2D eigenvalue weighted by molar-refractivity contribution is 8.00. The van der Waals surface area contributed by atoms with Crippen LogP contribution < -0.4 is 5.43 Å². The Hall–Kier alpha value is -2.87. The van der Waals surface area contributed by atoms with Gasteiger partial charge in [-0.3, -0.25) is 9.78 Å². The third-order valence-corrected chi connectivity index (χ3v) is 5.51. The van der Waals surface area contributed by atoms with E-state index in [-0.39, 0.29) is 12.0 Å². The highest BCUT2D eigenvalue weighted by Crippen LogP contribution is 2.38. The summed E-state index contributed by atoms with van der Waals surface area (Å²) in [5.74, 6) is 0.391. The maximum absolute atomic E-state index is 12.6. The first-order chi connectivity index (χ1) is 13.2. The second-order valence-electron chi connectivity index (χ2n) is 6.19. The number of thioether (sulfide) groups is 1. The molecular formula is C19H19N5O2S. The summed E-state index contributed by atoms with van der Waals surface area (Å²) in [5, 5.41) is 8.70. The minimum Gasteiger partial charge on any atom is -0.465 e. The highest BCUT2D eigenvalue weighted by Gasteiger charge is 2.38. The molecule has 0 radical (unpaired) electrons. The predicted molar refractivity (Wildman–Crippen MR) is 103 cm³/mol. The number of ether oxygens (including phenoxy) is 1. The molecule has 1 aliphatic heterocycles. The zero-order valence-corrected chi connectivity index (χ0v) is 15.8. The van der Waals surface area contributed by atoms with Gasteiger partial charge in [0.2, 0.25) is 5.16 Å². The number of benzene rings is 1. The van der Waals surface area contributed by atoms with E-state index in [2.05, 4.69) is 20.6 Å². The van der Waals surface area contributed by atoms with Crippen LogP contribution in [-0.4, -0.2) is 37.7 Å². The van der Waals surface area contributed by atoms with Crippen molar-refractivity contribution in [3.63, 3.8) is 0 Å². The Morgan fingerprint density at radius 3 is 2.78 bits per heavy atom. The molecule has 7 nitrogen and oxygen atoms in total. The zero-order valence-electron chi connectivity index (χ0n) is 15.0. The molecule has 3 heterocycles. The molecule has 0 unspecified atom stereocenters. The van der Waals surface area contributed by atoms with Crippen LogP contribution in [0.25, 0.3) is 11.4 Å². The number of aromatic nitrogens is 4. The topological polar surface area (TPSA) is 81.9 Å². The van der Waals surface area contributed by atoms with Crippen LogP contribution >= 0.6 is 11.8 Å². The molecule has 27 heavy (non-hydrogen) atoms. The molecule has 138 valence electrons. The lowest BCUT2D eigenvalue weighted by atomic mass is 10.0. The molecule has 1 aliphatic rings. The third kappa shape index (κ3) is 3.40. The first-order valence-electron chi connectivity index (χ1n) is 8.69. The fraction of sp³-hybridized carbons (Fsp3) is 0.263. The van der Waals surface area contributed by atoms with E-state index in [1.165, 1.54) is 11.8 Å². The lowest BCUT2D eigenvalue weighted by molar-refractivity contribution is -0.142. The van der Waals surface area contributed by atoms with Gasteiger partial charge in [-0.15, -0.1) is 10.2 Å². The van der Waals surface area contributed by atoms with E-state index in [9.17, 15) is 4.79 Å². The van der Waals surface area contributed by atoms with Crippen molar-refractivity contribution < 1.29 is 9.53 Å². The molecule has 3 aromatic rings. The number of hydrogen-bond acceptors (Lipinski definition) is 7. The number of aryl methyl sites for hydroxylation is 1. The van der Waals surface area contributed by atoms with E-state index in [0.29, 0.717) is 17.6 Å². The zero-order chi connectivity index (χ0) is 18.8. The molecule has 0 saturated heterocycles. The third-order valence-electron chi connectivity index (χ3n) is 4.31. The summed E-state index contributed by atoms with van der Waals surface area (Å²) < 4.78 is 7.12. The van der Waals surface area contributed by atoms with Crippen molar-refractivity contribution in [3.8, 4) is 11.4 Å². The van der Waals surface area contributed by atoms with E-state index in [0.717, 1.165) is 16.7 Å². The van der Waals surface area contributed by atoms with Crippen molar-refractivity contribution in [1.82, 2.24) is 19.9 Å². The lowest BCUT2D eigenvalue weighted by Crippen LogP contribution is -2.39. The van der Waals surface area contributed by atoms with E-state index in [1.807, 2.05) is 54.9 Å². The van der Waals surface area contributed by atoms with Crippen LogP contribution in [0.1, 0.15) is 24.1 Å². The fourth-order valence-corrected chi connectivity index (χ4v) is 4.04. The van der Waals surface area contributed by atoms with Gasteiger partial charge in [0.15, 0.2) is 5.82 Å². The van der Waals surface area contributed by atoms with Gasteiger partial charge in [0.05, 0.1) is 12.6 Å². The normalized spacial score (nSPS) is 18.4. The van der Waals surface area contributed by atoms with Crippen LogP contribution in [-0.2, 0) is 9.53 Å². The van der Waals surface area contributed by atoms with Crippen LogP contribution in [0, 0.1) is 6.92 Å². The number of fused-ring (bicyclic) bond motifs is 1. The van der Waals surface area contributed by atoms with E-state index in [4.69, 9.17) is 4.74 Å². The molecular weight excluding hydrogens is 362 g/mol. The molecule has 0 saturated carbocycles. The first kappa shape index (κ1) is 17.5. The SMILES string of the molecule is CCOC(=O)[C@@H]1Sc2nnc(-c3cccnc3)n2N[C@@H]1c1ccc(C)cc1. The lowest BCUT2D eigenvalue weighted by Gasteiger charge is -2.32. The highest BCUT2D eigenvalue weighted by atomic mass is 32.2. The number of nitrogens with zero attached hydrogens (tertiary/aromatic N) is 4. The van der Waals surface area contributed by atoms with Gasteiger partial charge in [0.25, 0.3) is 0 Å². The van der Waals surface area contributed by atoms with Crippen molar-refractivity contribution in [1.29, 1.82) is 0 Å². The number of carbonyl (C=O) groups is 1. The number of pyridine rings is 1. The molecule has 0 aliphatic carbocycles. The maximum Gasteiger partial charge on any atom is 0.322 e. The summed E-state index contributed by atoms with van der Waals surface area (Å²) in [6, 6.07) is 11.6. The van der Waals surface area contributed by atoms with Crippen molar-refractivity contribution in [3.05, 3.63) is 59.9 Å². The Morgan fingerprint density at radius 1 is 1.26 bits per heavy atom. The molecule has 0 amide bonds.